The van der Waals surface area contributed by atoms with Gasteiger partial charge in [0.05, 0.1) is 0 Å². The second-order valence-electron chi connectivity index (χ2n) is 1.46. The molecule has 2 heteroatoms. The molecule has 0 saturated carbocycles. The Balaban J connectivity index is 2.20. The van der Waals surface area contributed by atoms with Crippen LogP contribution in [0.1, 0.15) is 12.8 Å². The van der Waals surface area contributed by atoms with Crippen molar-refractivity contribution in [1.29, 1.82) is 0 Å². The normalized spacial score (nSPS) is 20.6. The van der Waals surface area contributed by atoms with Crippen LogP contribution in [0.15, 0.2) is 6.08 Å². The summed E-state index contributed by atoms with van der Waals surface area (Å²) in [7, 11) is 0. The van der Waals surface area contributed by atoms with E-state index >= 15 is 0 Å². The fraction of sp³-hybridized carbons (Fsp3) is 0.600. The first-order valence-corrected chi connectivity index (χ1v) is 2.46. The summed E-state index contributed by atoms with van der Waals surface area (Å²) in [6.45, 7) is 0.934. The van der Waals surface area contributed by atoms with Crippen molar-refractivity contribution < 1.29 is 4.84 Å². The quantitative estimate of drug-likeness (QED) is 0.479. The standard InChI is InChI=1S/C5H8NO/c1-2-4-6-7-5-3-1/h3,6H,1-2,4H2. The summed E-state index contributed by atoms with van der Waals surface area (Å²) in [5.41, 5.74) is 2.70. The first-order chi connectivity index (χ1) is 3.50. The summed E-state index contributed by atoms with van der Waals surface area (Å²) in [5.74, 6) is 0. The van der Waals surface area contributed by atoms with Crippen LogP contribution >= 0.6 is 0 Å². The van der Waals surface area contributed by atoms with E-state index in [1.807, 2.05) is 6.08 Å². The van der Waals surface area contributed by atoms with Crippen LogP contribution < -0.4 is 5.48 Å². The second-order valence-corrected chi connectivity index (χ2v) is 1.46. The number of allylic oxidation sites excluding steroid dienone is 1. The predicted molar refractivity (Wildman–Crippen MR) is 26.1 cm³/mol. The molecule has 0 unspecified atom stereocenters. The summed E-state index contributed by atoms with van der Waals surface area (Å²) in [4.78, 5) is 4.64. The van der Waals surface area contributed by atoms with Gasteiger partial charge in [-0.3, -0.25) is 0 Å². The highest BCUT2D eigenvalue weighted by Gasteiger charge is 1.88. The molecule has 0 saturated heterocycles. The Hall–Kier alpha value is -0.500. The molecule has 1 N–H and O–H groups in total. The largest absolute Gasteiger partial charge is 0.405 e. The molecule has 1 radical (unpaired) electrons. The smallest absolute Gasteiger partial charge is 0.187 e. The minimum atomic E-state index is 0.934. The molecule has 1 aliphatic rings. The van der Waals surface area contributed by atoms with Gasteiger partial charge in [-0.05, 0) is 18.9 Å². The van der Waals surface area contributed by atoms with Crippen molar-refractivity contribution in [1.82, 2.24) is 5.48 Å². The predicted octanol–water partition coefficient (Wildman–Crippen LogP) is 0.618. The average Bonchev–Trinajstić information content (AvgIpc) is 1.90. The highest BCUT2D eigenvalue weighted by Crippen LogP contribution is 1.91. The number of rotatable bonds is 0. The maximum absolute atomic E-state index is 4.64. The molecule has 0 spiro atoms. The Kier molecular flexibility index (Phi) is 1.75. The third-order valence-electron chi connectivity index (χ3n) is 0.842. The summed E-state index contributed by atoms with van der Waals surface area (Å²) >= 11 is 0. The topological polar surface area (TPSA) is 21.3 Å². The SMILES string of the molecule is [C]1=CCCCNO1. The molecule has 0 atom stereocenters. The van der Waals surface area contributed by atoms with Gasteiger partial charge in [0.15, 0.2) is 6.26 Å². The lowest BCUT2D eigenvalue weighted by Crippen LogP contribution is -2.10. The van der Waals surface area contributed by atoms with E-state index in [0.29, 0.717) is 0 Å². The maximum atomic E-state index is 4.64. The van der Waals surface area contributed by atoms with Crippen molar-refractivity contribution in [2.75, 3.05) is 6.54 Å². The number of hydrogen-bond acceptors (Lipinski definition) is 2. The van der Waals surface area contributed by atoms with Gasteiger partial charge in [0, 0.05) is 6.54 Å². The summed E-state index contributed by atoms with van der Waals surface area (Å²) < 4.78 is 0. The molecule has 0 amide bonds. The lowest BCUT2D eigenvalue weighted by atomic mass is 10.3. The van der Waals surface area contributed by atoms with Crippen LogP contribution in [-0.4, -0.2) is 6.54 Å². The Labute approximate surface area is 43.1 Å². The molecular formula is C5H8NO. The number of hydrogen-bond donors (Lipinski definition) is 1. The number of nitrogens with one attached hydrogen (secondary N) is 1. The summed E-state index contributed by atoms with van der Waals surface area (Å²) in [5, 5.41) is 0. The molecule has 2 nitrogen and oxygen atoms in total. The Morgan fingerprint density at radius 1 is 1.71 bits per heavy atom. The van der Waals surface area contributed by atoms with Crippen LogP contribution in [0.5, 0.6) is 0 Å². The molecule has 0 aromatic rings. The van der Waals surface area contributed by atoms with Crippen molar-refractivity contribution in [3.63, 3.8) is 0 Å². The fourth-order valence-electron chi connectivity index (χ4n) is 0.470. The molecule has 0 aliphatic carbocycles. The van der Waals surface area contributed by atoms with Crippen LogP contribution in [0, 0.1) is 6.26 Å². The summed E-state index contributed by atoms with van der Waals surface area (Å²) in [6, 6.07) is 0. The van der Waals surface area contributed by atoms with E-state index in [1.54, 1.807) is 0 Å². The third kappa shape index (κ3) is 1.59. The van der Waals surface area contributed by atoms with E-state index < -0.39 is 0 Å². The molecule has 1 aliphatic heterocycles. The van der Waals surface area contributed by atoms with Gasteiger partial charge in [0.2, 0.25) is 0 Å². The lowest BCUT2D eigenvalue weighted by molar-refractivity contribution is 0.122. The van der Waals surface area contributed by atoms with Crippen LogP contribution in [-0.2, 0) is 4.84 Å². The lowest BCUT2D eigenvalue weighted by Gasteiger charge is -1.93. The van der Waals surface area contributed by atoms with Gasteiger partial charge in [-0.1, -0.05) is 0 Å². The van der Waals surface area contributed by atoms with Gasteiger partial charge in [-0.25, -0.2) is 0 Å². The molecular weight excluding hydrogens is 90.1 g/mol. The van der Waals surface area contributed by atoms with E-state index in [4.69, 9.17) is 0 Å². The first-order valence-electron chi connectivity index (χ1n) is 2.46. The van der Waals surface area contributed by atoms with Crippen molar-refractivity contribution in [2.24, 2.45) is 0 Å². The van der Waals surface area contributed by atoms with Crippen LogP contribution in [0.25, 0.3) is 0 Å². The highest BCUT2D eigenvalue weighted by atomic mass is 16.6. The first kappa shape index (κ1) is 4.65. The van der Waals surface area contributed by atoms with Crippen molar-refractivity contribution >= 4 is 0 Å². The van der Waals surface area contributed by atoms with Gasteiger partial charge in [-0.2, -0.15) is 5.48 Å². The fourth-order valence-corrected chi connectivity index (χ4v) is 0.470. The molecule has 0 aromatic carbocycles. The molecule has 39 valence electrons. The van der Waals surface area contributed by atoms with E-state index in [-0.39, 0.29) is 0 Å². The zero-order valence-corrected chi connectivity index (χ0v) is 4.11. The molecule has 7 heavy (non-hydrogen) atoms. The monoisotopic (exact) mass is 98.1 g/mol. The van der Waals surface area contributed by atoms with Gasteiger partial charge >= 0.3 is 0 Å². The average molecular weight is 98.1 g/mol. The van der Waals surface area contributed by atoms with Crippen molar-refractivity contribution in [3.8, 4) is 0 Å². The maximum Gasteiger partial charge on any atom is 0.187 e. The molecule has 0 bridgehead atoms. The van der Waals surface area contributed by atoms with E-state index in [2.05, 4.69) is 16.6 Å². The van der Waals surface area contributed by atoms with Crippen molar-refractivity contribution in [2.45, 2.75) is 12.8 Å². The van der Waals surface area contributed by atoms with E-state index in [1.165, 1.54) is 0 Å². The number of hydroxylamine groups is 1. The molecule has 1 rings (SSSR count). The van der Waals surface area contributed by atoms with Crippen LogP contribution in [0.2, 0.25) is 0 Å². The second kappa shape index (κ2) is 2.64. The summed E-state index contributed by atoms with van der Waals surface area (Å²) in [6.07, 6.45) is 6.72. The van der Waals surface area contributed by atoms with Gasteiger partial charge in [0.25, 0.3) is 0 Å². The van der Waals surface area contributed by atoms with E-state index in [0.717, 1.165) is 19.4 Å². The Morgan fingerprint density at radius 3 is 3.71 bits per heavy atom. The molecule has 1 heterocycles. The molecule has 0 fully saturated rings. The van der Waals surface area contributed by atoms with Crippen LogP contribution in [0.4, 0.5) is 0 Å². The Bertz CT molecular complexity index is 62.5. The minimum absolute atomic E-state index is 0.934. The third-order valence-corrected chi connectivity index (χ3v) is 0.842. The Morgan fingerprint density at radius 2 is 2.71 bits per heavy atom. The van der Waals surface area contributed by atoms with Gasteiger partial charge < -0.3 is 4.84 Å². The van der Waals surface area contributed by atoms with Gasteiger partial charge in [0.1, 0.15) is 0 Å². The molecule has 0 aromatic heterocycles. The van der Waals surface area contributed by atoms with Gasteiger partial charge in [-0.15, -0.1) is 0 Å². The van der Waals surface area contributed by atoms with Crippen LogP contribution in [0.3, 0.4) is 0 Å². The van der Waals surface area contributed by atoms with Crippen molar-refractivity contribution in [3.05, 3.63) is 12.3 Å². The zero-order valence-electron chi connectivity index (χ0n) is 4.11. The zero-order chi connectivity index (χ0) is 4.95. The highest BCUT2D eigenvalue weighted by molar-refractivity contribution is 4.68. The minimum Gasteiger partial charge on any atom is -0.405 e. The van der Waals surface area contributed by atoms with E-state index in [9.17, 15) is 0 Å².